The zero-order valence-electron chi connectivity index (χ0n) is 26.7. The van der Waals surface area contributed by atoms with E-state index in [1.165, 1.54) is 0 Å². The highest BCUT2D eigenvalue weighted by Gasteiger charge is 2.29. The molecule has 0 aliphatic carbocycles. The van der Waals surface area contributed by atoms with Crippen molar-refractivity contribution in [1.29, 1.82) is 0 Å². The molecule has 2 atom stereocenters. The third kappa shape index (κ3) is 15.4. The molecule has 2 heterocycles. The normalized spacial score (nSPS) is 13.1. The monoisotopic (exact) mass is 613 g/mol. The number of hydrogen-bond donors (Lipinski definition) is 3. The molecule has 2 unspecified atom stereocenters. The molecule has 0 bridgehead atoms. The first kappa shape index (κ1) is 36.1. The van der Waals surface area contributed by atoms with Crippen molar-refractivity contribution in [2.24, 2.45) is 0 Å². The summed E-state index contributed by atoms with van der Waals surface area (Å²) in [5.74, 6) is -2.46. The molecule has 0 spiro atoms. The first-order valence-corrected chi connectivity index (χ1v) is 14.9. The zero-order chi connectivity index (χ0) is 32.8. The number of amides is 2. The second kappa shape index (κ2) is 17.3. The molecule has 2 amide bonds. The Hall–Kier alpha value is -4.06. The van der Waals surface area contributed by atoms with E-state index in [1.54, 1.807) is 53.9 Å². The predicted octanol–water partition coefficient (Wildman–Crippen LogP) is 4.23. The van der Waals surface area contributed by atoms with Gasteiger partial charge in [0.15, 0.2) is 0 Å². The van der Waals surface area contributed by atoms with Gasteiger partial charge in [-0.15, -0.1) is 0 Å². The highest BCUT2D eigenvalue weighted by molar-refractivity contribution is 5.87. The van der Waals surface area contributed by atoms with Gasteiger partial charge < -0.3 is 25.2 Å². The van der Waals surface area contributed by atoms with E-state index in [0.717, 1.165) is 11.4 Å². The van der Waals surface area contributed by atoms with Gasteiger partial charge in [-0.05, 0) is 98.0 Å². The number of urea groups is 1. The number of nitrogens with zero attached hydrogens (tertiary/aromatic N) is 3. The van der Waals surface area contributed by atoms with Crippen molar-refractivity contribution in [3.63, 3.8) is 0 Å². The minimum absolute atomic E-state index is 0.0721. The zero-order valence-corrected chi connectivity index (χ0v) is 26.7. The van der Waals surface area contributed by atoms with Gasteiger partial charge in [-0.3, -0.25) is 19.7 Å². The fourth-order valence-electron chi connectivity index (χ4n) is 4.23. The molecular formula is C32H47N5O7. The molecule has 12 nitrogen and oxygen atoms in total. The number of pyridine rings is 2. The molecule has 0 aliphatic rings. The van der Waals surface area contributed by atoms with Gasteiger partial charge in [0.2, 0.25) is 0 Å². The predicted molar refractivity (Wildman–Crippen MR) is 164 cm³/mol. The largest absolute Gasteiger partial charge is 0.480 e. The summed E-state index contributed by atoms with van der Waals surface area (Å²) in [6.45, 7) is 12.1. The SMILES string of the molecule is CC(C)(C)OC(=O)CCC(NC(=O)NC(CCCCN(Cc1ccccn1)Cc1ccccn1)C(=O)O)C(=O)OC(C)(C)C. The van der Waals surface area contributed by atoms with Crippen molar-refractivity contribution >= 4 is 23.9 Å². The lowest BCUT2D eigenvalue weighted by molar-refractivity contribution is -0.158. The number of unbranched alkanes of at least 4 members (excludes halogenated alkanes) is 1. The van der Waals surface area contributed by atoms with E-state index in [0.29, 0.717) is 32.5 Å². The summed E-state index contributed by atoms with van der Waals surface area (Å²) in [5, 5.41) is 14.7. The Bertz CT molecular complexity index is 1160. The number of carbonyl (C=O) groups is 4. The highest BCUT2D eigenvalue weighted by atomic mass is 16.6. The summed E-state index contributed by atoms with van der Waals surface area (Å²) in [4.78, 5) is 60.9. The van der Waals surface area contributed by atoms with Crippen LogP contribution in [0.5, 0.6) is 0 Å². The molecule has 0 aromatic carbocycles. The Morgan fingerprint density at radius 1 is 0.795 bits per heavy atom. The van der Waals surface area contributed by atoms with Gasteiger partial charge in [0, 0.05) is 31.9 Å². The lowest BCUT2D eigenvalue weighted by atomic mass is 10.1. The molecule has 0 saturated carbocycles. The summed E-state index contributed by atoms with van der Waals surface area (Å²) in [7, 11) is 0. The van der Waals surface area contributed by atoms with Crippen molar-refractivity contribution in [3.05, 3.63) is 60.2 Å². The standard InChI is InChI=1S/C32H47N5O7/c1-31(2,3)43-27(38)17-16-26(29(41)44-32(4,5)6)36-30(42)35-25(28(39)40)15-9-12-20-37(21-23-13-7-10-18-33-23)22-24-14-8-11-19-34-24/h7-8,10-11,13-14,18-19,25-26H,9,12,15-17,20-22H2,1-6H3,(H,39,40)(H2,35,36,42). The number of rotatable bonds is 16. The van der Waals surface area contributed by atoms with Gasteiger partial charge in [0.25, 0.3) is 0 Å². The van der Waals surface area contributed by atoms with Crippen LogP contribution in [-0.4, -0.2) is 73.7 Å². The fraction of sp³-hybridized carbons (Fsp3) is 0.562. The molecule has 242 valence electrons. The van der Waals surface area contributed by atoms with Crippen LogP contribution in [0.25, 0.3) is 0 Å². The van der Waals surface area contributed by atoms with Crippen LogP contribution in [0.2, 0.25) is 0 Å². The maximum absolute atomic E-state index is 12.8. The van der Waals surface area contributed by atoms with Crippen LogP contribution in [0.1, 0.15) is 85.0 Å². The number of ether oxygens (including phenoxy) is 2. The van der Waals surface area contributed by atoms with Crippen LogP contribution < -0.4 is 10.6 Å². The molecular weight excluding hydrogens is 566 g/mol. The number of aromatic nitrogens is 2. The van der Waals surface area contributed by atoms with Crippen LogP contribution in [0, 0.1) is 0 Å². The Labute approximate surface area is 259 Å². The summed E-state index contributed by atoms with van der Waals surface area (Å²) >= 11 is 0. The van der Waals surface area contributed by atoms with Crippen molar-refractivity contribution in [3.8, 4) is 0 Å². The van der Waals surface area contributed by atoms with E-state index in [4.69, 9.17) is 9.47 Å². The Balaban J connectivity index is 1.96. The van der Waals surface area contributed by atoms with E-state index in [9.17, 15) is 24.3 Å². The van der Waals surface area contributed by atoms with Gasteiger partial charge in [-0.1, -0.05) is 12.1 Å². The van der Waals surface area contributed by atoms with Gasteiger partial charge >= 0.3 is 23.9 Å². The van der Waals surface area contributed by atoms with Crippen molar-refractivity contribution in [1.82, 2.24) is 25.5 Å². The highest BCUT2D eigenvalue weighted by Crippen LogP contribution is 2.14. The summed E-state index contributed by atoms with van der Waals surface area (Å²) in [5.41, 5.74) is 0.295. The number of aliphatic carboxylic acids is 1. The van der Waals surface area contributed by atoms with E-state index < -0.39 is 47.2 Å². The minimum atomic E-state index is -1.19. The van der Waals surface area contributed by atoms with Crippen molar-refractivity contribution in [2.75, 3.05) is 6.54 Å². The lowest BCUT2D eigenvalue weighted by Gasteiger charge is -2.26. The van der Waals surface area contributed by atoms with E-state index in [1.807, 2.05) is 36.4 Å². The van der Waals surface area contributed by atoms with E-state index >= 15 is 0 Å². The Morgan fingerprint density at radius 2 is 1.34 bits per heavy atom. The Kier molecular flexibility index (Phi) is 14.2. The minimum Gasteiger partial charge on any atom is -0.480 e. The number of esters is 2. The third-order valence-corrected chi connectivity index (χ3v) is 6.10. The van der Waals surface area contributed by atoms with Crippen LogP contribution in [-0.2, 0) is 36.9 Å². The molecule has 44 heavy (non-hydrogen) atoms. The average Bonchev–Trinajstić information content (AvgIpc) is 2.91. The second-order valence-electron chi connectivity index (χ2n) is 12.6. The topological polar surface area (TPSA) is 160 Å². The molecule has 2 rings (SSSR count). The summed E-state index contributed by atoms with van der Waals surface area (Å²) in [6.07, 6.45) is 4.64. The number of carboxylic acids is 1. The number of nitrogens with one attached hydrogen (secondary N) is 2. The molecule has 3 N–H and O–H groups in total. The van der Waals surface area contributed by atoms with Crippen LogP contribution in [0.4, 0.5) is 4.79 Å². The molecule has 0 fully saturated rings. The van der Waals surface area contributed by atoms with E-state index in [2.05, 4.69) is 25.5 Å². The van der Waals surface area contributed by atoms with Gasteiger partial charge in [-0.2, -0.15) is 0 Å². The van der Waals surface area contributed by atoms with Crippen LogP contribution >= 0.6 is 0 Å². The summed E-state index contributed by atoms with van der Waals surface area (Å²) < 4.78 is 10.7. The van der Waals surface area contributed by atoms with Gasteiger partial charge in [0.05, 0.1) is 11.4 Å². The Morgan fingerprint density at radius 3 is 1.82 bits per heavy atom. The van der Waals surface area contributed by atoms with Crippen LogP contribution in [0.15, 0.2) is 48.8 Å². The average molecular weight is 614 g/mol. The number of hydrogen-bond acceptors (Lipinski definition) is 9. The number of carboxylic acid groups (broad SMARTS) is 1. The van der Waals surface area contributed by atoms with Crippen LogP contribution in [0.3, 0.4) is 0 Å². The molecule has 12 heteroatoms. The quantitative estimate of drug-likeness (QED) is 0.185. The molecule has 0 saturated heterocycles. The number of carbonyl (C=O) groups excluding carboxylic acids is 3. The van der Waals surface area contributed by atoms with Gasteiger partial charge in [-0.25, -0.2) is 14.4 Å². The van der Waals surface area contributed by atoms with Gasteiger partial charge in [0.1, 0.15) is 23.3 Å². The first-order valence-electron chi connectivity index (χ1n) is 14.9. The molecule has 2 aromatic rings. The smallest absolute Gasteiger partial charge is 0.329 e. The molecule has 2 aromatic heterocycles. The second-order valence-corrected chi connectivity index (χ2v) is 12.6. The fourth-order valence-corrected chi connectivity index (χ4v) is 4.23. The lowest BCUT2D eigenvalue weighted by Crippen LogP contribution is -2.52. The first-order chi connectivity index (χ1) is 20.6. The maximum atomic E-state index is 12.8. The molecule has 0 radical (unpaired) electrons. The third-order valence-electron chi connectivity index (χ3n) is 6.10. The molecule has 0 aliphatic heterocycles. The van der Waals surface area contributed by atoms with Crippen molar-refractivity contribution < 1.29 is 33.8 Å². The van der Waals surface area contributed by atoms with Crippen molar-refractivity contribution in [2.45, 2.75) is 110 Å². The maximum Gasteiger partial charge on any atom is 0.329 e. The van der Waals surface area contributed by atoms with E-state index in [-0.39, 0.29) is 19.3 Å². The summed E-state index contributed by atoms with van der Waals surface area (Å²) in [6, 6.07) is 8.28.